The number of nitrogens with one attached hydrogen (secondary N) is 1. The molecule has 0 aliphatic heterocycles. The zero-order valence-electron chi connectivity index (χ0n) is 10.6. The van der Waals surface area contributed by atoms with E-state index >= 15 is 0 Å². The van der Waals surface area contributed by atoms with Crippen molar-refractivity contribution in [3.63, 3.8) is 0 Å². The summed E-state index contributed by atoms with van der Waals surface area (Å²) in [6.07, 6.45) is 8.36. The molecule has 0 saturated heterocycles. The van der Waals surface area contributed by atoms with Crippen LogP contribution in [0, 0.1) is 5.92 Å². The van der Waals surface area contributed by atoms with Crippen LogP contribution in [0.4, 0.5) is 0 Å². The van der Waals surface area contributed by atoms with E-state index in [2.05, 4.69) is 17.4 Å². The second-order valence-electron chi connectivity index (χ2n) is 5.12. The molecule has 94 valence electrons. The van der Waals surface area contributed by atoms with E-state index < -0.39 is 0 Å². The molecular formula is C15H22ClN. The number of benzene rings is 1. The van der Waals surface area contributed by atoms with Crippen molar-refractivity contribution in [1.29, 1.82) is 0 Å². The summed E-state index contributed by atoms with van der Waals surface area (Å²) in [5.41, 5.74) is 1.36. The van der Waals surface area contributed by atoms with Gasteiger partial charge in [0.15, 0.2) is 0 Å². The molecule has 1 unspecified atom stereocenters. The summed E-state index contributed by atoms with van der Waals surface area (Å²) < 4.78 is 0. The van der Waals surface area contributed by atoms with Crippen molar-refractivity contribution in [1.82, 2.24) is 5.32 Å². The first-order valence-electron chi connectivity index (χ1n) is 6.72. The second-order valence-corrected chi connectivity index (χ2v) is 5.56. The van der Waals surface area contributed by atoms with Gasteiger partial charge in [-0.3, -0.25) is 0 Å². The van der Waals surface area contributed by atoms with Crippen LogP contribution >= 0.6 is 11.6 Å². The molecule has 1 atom stereocenters. The SMILES string of the molecule is CNC(CCC1CCCC1)c1ccc(Cl)cc1. The highest BCUT2D eigenvalue weighted by atomic mass is 35.5. The van der Waals surface area contributed by atoms with Crippen LogP contribution in [0.25, 0.3) is 0 Å². The Morgan fingerprint density at radius 2 is 1.88 bits per heavy atom. The molecule has 1 N–H and O–H groups in total. The highest BCUT2D eigenvalue weighted by molar-refractivity contribution is 6.30. The van der Waals surface area contributed by atoms with E-state index in [0.717, 1.165) is 10.9 Å². The Labute approximate surface area is 110 Å². The van der Waals surface area contributed by atoms with E-state index in [1.54, 1.807) is 0 Å². The monoisotopic (exact) mass is 251 g/mol. The normalized spacial score (nSPS) is 18.5. The molecule has 1 aromatic carbocycles. The zero-order chi connectivity index (χ0) is 12.1. The zero-order valence-corrected chi connectivity index (χ0v) is 11.3. The highest BCUT2D eigenvalue weighted by Gasteiger charge is 2.17. The Morgan fingerprint density at radius 3 is 2.47 bits per heavy atom. The maximum Gasteiger partial charge on any atom is 0.0406 e. The summed E-state index contributed by atoms with van der Waals surface area (Å²) in [6.45, 7) is 0. The van der Waals surface area contributed by atoms with Gasteiger partial charge in [0, 0.05) is 11.1 Å². The molecule has 0 bridgehead atoms. The fourth-order valence-electron chi connectivity index (χ4n) is 2.87. The first kappa shape index (κ1) is 12.9. The molecule has 17 heavy (non-hydrogen) atoms. The van der Waals surface area contributed by atoms with E-state index in [9.17, 15) is 0 Å². The minimum absolute atomic E-state index is 0.480. The molecule has 0 heterocycles. The topological polar surface area (TPSA) is 12.0 Å². The van der Waals surface area contributed by atoms with Crippen molar-refractivity contribution in [2.24, 2.45) is 5.92 Å². The Kier molecular flexibility index (Phi) is 4.87. The summed E-state index contributed by atoms with van der Waals surface area (Å²) in [4.78, 5) is 0. The molecule has 1 nitrogen and oxygen atoms in total. The molecule has 1 aromatic rings. The molecule has 2 rings (SSSR count). The first-order valence-corrected chi connectivity index (χ1v) is 7.10. The summed E-state index contributed by atoms with van der Waals surface area (Å²) in [5.74, 6) is 0.971. The standard InChI is InChI=1S/C15H22ClN/c1-17-15(11-6-12-4-2-3-5-12)13-7-9-14(16)10-8-13/h7-10,12,15,17H,2-6,11H2,1H3. The Bertz CT molecular complexity index is 327. The van der Waals surface area contributed by atoms with Gasteiger partial charge in [0.05, 0.1) is 0 Å². The lowest BCUT2D eigenvalue weighted by atomic mass is 9.95. The van der Waals surface area contributed by atoms with Gasteiger partial charge in [-0.25, -0.2) is 0 Å². The van der Waals surface area contributed by atoms with Crippen molar-refractivity contribution < 1.29 is 0 Å². The molecule has 0 aromatic heterocycles. The summed E-state index contributed by atoms with van der Waals surface area (Å²) in [7, 11) is 2.05. The number of hydrogen-bond acceptors (Lipinski definition) is 1. The number of halogens is 1. The Balaban J connectivity index is 1.89. The molecular weight excluding hydrogens is 230 g/mol. The summed E-state index contributed by atoms with van der Waals surface area (Å²) in [5, 5.41) is 4.24. The van der Waals surface area contributed by atoms with Crippen molar-refractivity contribution >= 4 is 11.6 Å². The molecule has 1 saturated carbocycles. The Hall–Kier alpha value is -0.530. The van der Waals surface area contributed by atoms with Gasteiger partial charge in [-0.05, 0) is 43.5 Å². The van der Waals surface area contributed by atoms with E-state index in [-0.39, 0.29) is 0 Å². The molecule has 0 radical (unpaired) electrons. The van der Waals surface area contributed by atoms with E-state index in [1.807, 2.05) is 19.2 Å². The van der Waals surface area contributed by atoms with Crippen molar-refractivity contribution in [2.45, 2.75) is 44.6 Å². The molecule has 1 aliphatic carbocycles. The van der Waals surface area contributed by atoms with E-state index in [0.29, 0.717) is 6.04 Å². The van der Waals surface area contributed by atoms with Crippen LogP contribution in [-0.4, -0.2) is 7.05 Å². The second kappa shape index (κ2) is 6.42. The van der Waals surface area contributed by atoms with Crippen LogP contribution in [0.2, 0.25) is 5.02 Å². The average Bonchev–Trinajstić information content (AvgIpc) is 2.85. The van der Waals surface area contributed by atoms with E-state index in [4.69, 9.17) is 11.6 Å². The molecule has 2 heteroatoms. The predicted molar refractivity (Wildman–Crippen MR) is 74.4 cm³/mol. The third-order valence-corrected chi connectivity index (χ3v) is 4.21. The van der Waals surface area contributed by atoms with Crippen molar-refractivity contribution in [2.75, 3.05) is 7.05 Å². The van der Waals surface area contributed by atoms with Gasteiger partial charge in [0.1, 0.15) is 0 Å². The fourth-order valence-corrected chi connectivity index (χ4v) is 3.00. The van der Waals surface area contributed by atoms with Crippen LogP contribution < -0.4 is 5.32 Å². The van der Waals surface area contributed by atoms with Gasteiger partial charge in [0.25, 0.3) is 0 Å². The lowest BCUT2D eigenvalue weighted by Gasteiger charge is -2.18. The first-order chi connectivity index (χ1) is 8.29. The fraction of sp³-hybridized carbons (Fsp3) is 0.600. The van der Waals surface area contributed by atoms with Crippen LogP contribution in [0.3, 0.4) is 0 Å². The van der Waals surface area contributed by atoms with Gasteiger partial charge in [0.2, 0.25) is 0 Å². The smallest absolute Gasteiger partial charge is 0.0406 e. The van der Waals surface area contributed by atoms with Gasteiger partial charge in [-0.2, -0.15) is 0 Å². The maximum absolute atomic E-state index is 5.92. The minimum atomic E-state index is 0.480. The van der Waals surface area contributed by atoms with Gasteiger partial charge in [-0.1, -0.05) is 49.4 Å². The van der Waals surface area contributed by atoms with Gasteiger partial charge >= 0.3 is 0 Å². The quantitative estimate of drug-likeness (QED) is 0.808. The van der Waals surface area contributed by atoms with Crippen LogP contribution in [0.5, 0.6) is 0 Å². The number of rotatable bonds is 5. The van der Waals surface area contributed by atoms with Crippen molar-refractivity contribution in [3.8, 4) is 0 Å². The summed E-state index contributed by atoms with van der Waals surface area (Å²) in [6, 6.07) is 8.72. The molecule has 0 amide bonds. The molecule has 1 fully saturated rings. The maximum atomic E-state index is 5.92. The van der Waals surface area contributed by atoms with Crippen LogP contribution in [0.1, 0.15) is 50.1 Å². The van der Waals surface area contributed by atoms with Crippen LogP contribution in [-0.2, 0) is 0 Å². The van der Waals surface area contributed by atoms with Gasteiger partial charge < -0.3 is 5.32 Å². The third-order valence-electron chi connectivity index (χ3n) is 3.96. The Morgan fingerprint density at radius 1 is 1.24 bits per heavy atom. The van der Waals surface area contributed by atoms with Crippen molar-refractivity contribution in [3.05, 3.63) is 34.9 Å². The predicted octanol–water partition coefficient (Wildman–Crippen LogP) is 4.57. The highest BCUT2D eigenvalue weighted by Crippen LogP contribution is 2.31. The lowest BCUT2D eigenvalue weighted by molar-refractivity contribution is 0.427. The largest absolute Gasteiger partial charge is 0.313 e. The molecule has 0 spiro atoms. The number of hydrogen-bond donors (Lipinski definition) is 1. The average molecular weight is 252 g/mol. The minimum Gasteiger partial charge on any atom is -0.313 e. The lowest BCUT2D eigenvalue weighted by Crippen LogP contribution is -2.17. The van der Waals surface area contributed by atoms with E-state index in [1.165, 1.54) is 44.1 Å². The summed E-state index contributed by atoms with van der Waals surface area (Å²) >= 11 is 5.92. The van der Waals surface area contributed by atoms with Crippen LogP contribution in [0.15, 0.2) is 24.3 Å². The third kappa shape index (κ3) is 3.72. The molecule has 1 aliphatic rings. The van der Waals surface area contributed by atoms with Gasteiger partial charge in [-0.15, -0.1) is 0 Å².